The van der Waals surface area contributed by atoms with Gasteiger partial charge in [-0.25, -0.2) is 0 Å². The molecule has 6 nitrogen and oxygen atoms in total. The Morgan fingerprint density at radius 3 is 2.64 bits per heavy atom. The summed E-state index contributed by atoms with van der Waals surface area (Å²) in [6, 6.07) is 10.2. The Balaban J connectivity index is 1.75. The molecule has 0 bridgehead atoms. The molecule has 1 aliphatic heterocycles. The molecule has 0 spiro atoms. The molecule has 0 saturated heterocycles. The fraction of sp³-hybridized carbons (Fsp3) is 0.111. The first kappa shape index (κ1) is 17.0. The minimum atomic E-state index is -0.269. The minimum Gasteiger partial charge on any atom is -0.453 e. The van der Waals surface area contributed by atoms with Gasteiger partial charge in [0.1, 0.15) is 0 Å². The summed E-state index contributed by atoms with van der Waals surface area (Å²) >= 11 is 3.39. The van der Waals surface area contributed by atoms with Crippen molar-refractivity contribution in [3.63, 3.8) is 0 Å². The second kappa shape index (κ2) is 6.98. The molecule has 7 heteroatoms. The highest BCUT2D eigenvalue weighted by Crippen LogP contribution is 2.41. The molecule has 1 aliphatic rings. The van der Waals surface area contributed by atoms with Gasteiger partial charge in [0.05, 0.1) is 4.47 Å². The maximum absolute atomic E-state index is 12.4. The highest BCUT2D eigenvalue weighted by molar-refractivity contribution is 9.10. The van der Waals surface area contributed by atoms with E-state index < -0.39 is 0 Å². The normalized spacial score (nSPS) is 11.8. The van der Waals surface area contributed by atoms with E-state index in [9.17, 15) is 9.59 Å². The van der Waals surface area contributed by atoms with Gasteiger partial charge in [-0.05, 0) is 52.3 Å². The fourth-order valence-electron chi connectivity index (χ4n) is 2.34. The summed E-state index contributed by atoms with van der Waals surface area (Å²) in [6.45, 7) is 3.61. The van der Waals surface area contributed by atoms with Crippen LogP contribution in [0.25, 0.3) is 0 Å². The first-order chi connectivity index (χ1) is 12.0. The molecule has 0 unspecified atom stereocenters. The van der Waals surface area contributed by atoms with Gasteiger partial charge in [0, 0.05) is 30.1 Å². The average Bonchev–Trinajstić information content (AvgIpc) is 3.09. The van der Waals surface area contributed by atoms with Crippen LogP contribution in [0.15, 0.2) is 53.5 Å². The van der Waals surface area contributed by atoms with E-state index in [1.165, 1.54) is 11.0 Å². The van der Waals surface area contributed by atoms with Crippen LogP contribution in [-0.4, -0.2) is 25.7 Å². The number of likely N-dealkylation sites (N-methyl/N-ethyl adjacent to an activating group) is 1. The zero-order chi connectivity index (χ0) is 18.0. The molecule has 1 N–H and O–H groups in total. The highest BCUT2D eigenvalue weighted by atomic mass is 79.9. The number of nitrogens with one attached hydrogen (secondary N) is 1. The summed E-state index contributed by atoms with van der Waals surface area (Å²) in [6.07, 6.45) is 1.23. The molecule has 2 aromatic carbocycles. The highest BCUT2D eigenvalue weighted by Gasteiger charge is 2.19. The van der Waals surface area contributed by atoms with E-state index in [0.717, 1.165) is 0 Å². The third kappa shape index (κ3) is 3.51. The third-order valence-corrected chi connectivity index (χ3v) is 4.30. The Morgan fingerprint density at radius 2 is 1.96 bits per heavy atom. The Hall–Kier alpha value is -2.80. The summed E-state index contributed by atoms with van der Waals surface area (Å²) in [5, 5.41) is 2.81. The monoisotopic (exact) mass is 402 g/mol. The van der Waals surface area contributed by atoms with Crippen LogP contribution in [-0.2, 0) is 4.79 Å². The molecule has 0 saturated carbocycles. The minimum absolute atomic E-state index is 0.156. The zero-order valence-electron chi connectivity index (χ0n) is 13.4. The number of halogens is 1. The van der Waals surface area contributed by atoms with Crippen molar-refractivity contribution in [2.45, 2.75) is 0 Å². The number of rotatable bonds is 4. The van der Waals surface area contributed by atoms with Crippen molar-refractivity contribution in [1.82, 2.24) is 0 Å². The van der Waals surface area contributed by atoms with Crippen molar-refractivity contribution >= 4 is 39.1 Å². The maximum atomic E-state index is 12.4. The Labute approximate surface area is 153 Å². The van der Waals surface area contributed by atoms with E-state index in [2.05, 4.69) is 27.8 Å². The van der Waals surface area contributed by atoms with Gasteiger partial charge in [-0.3, -0.25) is 9.59 Å². The van der Waals surface area contributed by atoms with Gasteiger partial charge in [-0.15, -0.1) is 0 Å². The van der Waals surface area contributed by atoms with Crippen molar-refractivity contribution in [3.05, 3.63) is 59.1 Å². The summed E-state index contributed by atoms with van der Waals surface area (Å²) in [5.41, 5.74) is 1.73. The molecule has 0 fully saturated rings. The van der Waals surface area contributed by atoms with Gasteiger partial charge in [0.25, 0.3) is 5.91 Å². The van der Waals surface area contributed by atoms with E-state index >= 15 is 0 Å². The maximum Gasteiger partial charge on any atom is 0.255 e. The van der Waals surface area contributed by atoms with Crippen LogP contribution in [0.3, 0.4) is 0 Å². The molecule has 128 valence electrons. The van der Waals surface area contributed by atoms with Crippen molar-refractivity contribution < 1.29 is 19.1 Å². The van der Waals surface area contributed by atoms with Crippen molar-refractivity contribution in [2.75, 3.05) is 24.1 Å². The van der Waals surface area contributed by atoms with Crippen molar-refractivity contribution in [3.8, 4) is 11.5 Å². The summed E-state index contributed by atoms with van der Waals surface area (Å²) in [7, 11) is 1.64. The van der Waals surface area contributed by atoms with Gasteiger partial charge in [-0.2, -0.15) is 0 Å². The lowest BCUT2D eigenvalue weighted by Crippen LogP contribution is -2.23. The van der Waals surface area contributed by atoms with Gasteiger partial charge in [0.2, 0.25) is 12.7 Å². The van der Waals surface area contributed by atoms with Gasteiger partial charge >= 0.3 is 0 Å². The molecular formula is C18H15BrN2O4. The SMILES string of the molecule is C=CC(=O)N(C)c1ccc(C(=O)Nc2cc(Br)c3c(c2)OCO3)cc1. The predicted octanol–water partition coefficient (Wildman–Crippen LogP) is 3.58. The summed E-state index contributed by atoms with van der Waals surface area (Å²) in [4.78, 5) is 25.4. The number of carbonyl (C=O) groups is 2. The summed E-state index contributed by atoms with van der Waals surface area (Å²) < 4.78 is 11.4. The quantitative estimate of drug-likeness (QED) is 0.793. The van der Waals surface area contributed by atoms with E-state index in [-0.39, 0.29) is 18.6 Å². The lowest BCUT2D eigenvalue weighted by Gasteiger charge is -2.15. The van der Waals surface area contributed by atoms with Crippen LogP contribution in [0.2, 0.25) is 0 Å². The van der Waals surface area contributed by atoms with E-state index in [0.29, 0.717) is 32.9 Å². The third-order valence-electron chi connectivity index (χ3n) is 3.71. The number of amides is 2. The number of hydrogen-bond acceptors (Lipinski definition) is 4. The Morgan fingerprint density at radius 1 is 1.24 bits per heavy atom. The predicted molar refractivity (Wildman–Crippen MR) is 98.3 cm³/mol. The summed E-state index contributed by atoms with van der Waals surface area (Å²) in [5.74, 6) is 0.708. The van der Waals surface area contributed by atoms with E-state index in [4.69, 9.17) is 9.47 Å². The number of fused-ring (bicyclic) bond motifs is 1. The molecule has 2 amide bonds. The van der Waals surface area contributed by atoms with E-state index in [1.54, 1.807) is 43.4 Å². The molecule has 0 atom stereocenters. The molecule has 1 heterocycles. The molecule has 0 radical (unpaired) electrons. The lowest BCUT2D eigenvalue weighted by molar-refractivity contribution is -0.113. The number of benzene rings is 2. The Bertz CT molecular complexity index is 849. The fourth-order valence-corrected chi connectivity index (χ4v) is 2.90. The standard InChI is InChI=1S/C18H15BrN2O4/c1-3-16(22)21(2)13-6-4-11(5-7-13)18(23)20-12-8-14(19)17-15(9-12)24-10-25-17/h3-9H,1,10H2,2H3,(H,20,23). The topological polar surface area (TPSA) is 67.9 Å². The Kier molecular flexibility index (Phi) is 4.76. The molecule has 2 aromatic rings. The van der Waals surface area contributed by atoms with Gasteiger partial charge in [0.15, 0.2) is 11.5 Å². The molecule has 3 rings (SSSR count). The second-order valence-electron chi connectivity index (χ2n) is 5.29. The number of ether oxygens (including phenoxy) is 2. The first-order valence-electron chi connectivity index (χ1n) is 7.40. The average molecular weight is 403 g/mol. The van der Waals surface area contributed by atoms with Gasteiger partial charge < -0.3 is 19.7 Å². The smallest absolute Gasteiger partial charge is 0.255 e. The largest absolute Gasteiger partial charge is 0.453 e. The number of nitrogens with zero attached hydrogens (tertiary/aromatic N) is 1. The lowest BCUT2D eigenvalue weighted by atomic mass is 10.1. The van der Waals surface area contributed by atoms with Crippen LogP contribution in [0, 0.1) is 0 Å². The van der Waals surface area contributed by atoms with Crippen molar-refractivity contribution in [1.29, 1.82) is 0 Å². The molecular weight excluding hydrogens is 388 g/mol. The number of carbonyl (C=O) groups excluding carboxylic acids is 2. The van der Waals surface area contributed by atoms with Crippen LogP contribution in [0.1, 0.15) is 10.4 Å². The van der Waals surface area contributed by atoms with Gasteiger partial charge in [-0.1, -0.05) is 6.58 Å². The van der Waals surface area contributed by atoms with Crippen LogP contribution >= 0.6 is 15.9 Å². The molecule has 0 aliphatic carbocycles. The number of anilines is 2. The number of hydrogen-bond donors (Lipinski definition) is 1. The van der Waals surface area contributed by atoms with Crippen LogP contribution < -0.4 is 19.7 Å². The first-order valence-corrected chi connectivity index (χ1v) is 8.19. The van der Waals surface area contributed by atoms with Crippen molar-refractivity contribution in [2.24, 2.45) is 0 Å². The van der Waals surface area contributed by atoms with E-state index in [1.807, 2.05) is 0 Å². The second-order valence-corrected chi connectivity index (χ2v) is 6.15. The molecule has 0 aromatic heterocycles. The molecule has 25 heavy (non-hydrogen) atoms. The van der Waals surface area contributed by atoms with Crippen LogP contribution in [0.4, 0.5) is 11.4 Å². The zero-order valence-corrected chi connectivity index (χ0v) is 15.0. The van der Waals surface area contributed by atoms with Crippen LogP contribution in [0.5, 0.6) is 11.5 Å².